The van der Waals surface area contributed by atoms with Gasteiger partial charge >= 0.3 is 0 Å². The zero-order chi connectivity index (χ0) is 13.7. The van der Waals surface area contributed by atoms with Gasteiger partial charge in [-0.15, -0.1) is 0 Å². The highest BCUT2D eigenvalue weighted by Crippen LogP contribution is 2.14. The molecule has 0 aliphatic rings. The lowest BCUT2D eigenvalue weighted by molar-refractivity contribution is 0.235. The van der Waals surface area contributed by atoms with E-state index in [2.05, 4.69) is 6.58 Å². The van der Waals surface area contributed by atoms with Crippen LogP contribution in [0, 0.1) is 0 Å². The van der Waals surface area contributed by atoms with Crippen LogP contribution < -0.4 is 10.2 Å². The van der Waals surface area contributed by atoms with Crippen LogP contribution in [0.3, 0.4) is 0 Å². The molecule has 1 aromatic carbocycles. The number of aliphatic hydroxyl groups is 1. The molecule has 1 N–H and O–H groups in total. The molecule has 0 spiro atoms. The first-order chi connectivity index (χ1) is 9.26. The van der Waals surface area contributed by atoms with Gasteiger partial charge in [-0.3, -0.25) is 4.79 Å². The molecule has 0 saturated carbocycles. The fraction of sp³-hybridized carbons (Fsp3) is 0.133. The van der Waals surface area contributed by atoms with E-state index in [1.807, 2.05) is 30.3 Å². The number of hydrogen-bond acceptors (Lipinski definition) is 4. The van der Waals surface area contributed by atoms with Crippen molar-refractivity contribution < 1.29 is 14.3 Å². The van der Waals surface area contributed by atoms with Crippen LogP contribution in [-0.2, 0) is 13.2 Å². The standard InChI is InChI=1S/C15H14O4/c1-2-12-13(8-16)19-10-14(15(12)17)18-9-11-6-4-3-5-7-11/h2-7,10,16H,1,8-9H2. The summed E-state index contributed by atoms with van der Waals surface area (Å²) in [7, 11) is 0. The van der Waals surface area contributed by atoms with Crippen LogP contribution in [0.25, 0.3) is 6.08 Å². The fourth-order valence-corrected chi connectivity index (χ4v) is 1.66. The average Bonchev–Trinajstić information content (AvgIpc) is 2.46. The zero-order valence-electron chi connectivity index (χ0n) is 10.3. The van der Waals surface area contributed by atoms with Gasteiger partial charge in [0.1, 0.15) is 25.2 Å². The van der Waals surface area contributed by atoms with E-state index in [4.69, 9.17) is 14.3 Å². The van der Waals surface area contributed by atoms with Gasteiger partial charge in [0.05, 0.1) is 5.56 Å². The second-order valence-corrected chi connectivity index (χ2v) is 3.90. The number of aliphatic hydroxyl groups excluding tert-OH is 1. The summed E-state index contributed by atoms with van der Waals surface area (Å²) in [5.74, 6) is 0.294. The highest BCUT2D eigenvalue weighted by molar-refractivity contribution is 5.50. The van der Waals surface area contributed by atoms with Gasteiger partial charge in [0, 0.05) is 0 Å². The van der Waals surface area contributed by atoms with Crippen molar-refractivity contribution >= 4 is 6.08 Å². The Morgan fingerprint density at radius 2 is 2.05 bits per heavy atom. The van der Waals surface area contributed by atoms with E-state index in [-0.39, 0.29) is 35.7 Å². The van der Waals surface area contributed by atoms with Gasteiger partial charge in [0.15, 0.2) is 0 Å². The lowest BCUT2D eigenvalue weighted by Gasteiger charge is -2.07. The third kappa shape index (κ3) is 2.92. The van der Waals surface area contributed by atoms with E-state index >= 15 is 0 Å². The minimum atomic E-state index is -0.352. The molecule has 0 fully saturated rings. The smallest absolute Gasteiger partial charge is 0.234 e. The van der Waals surface area contributed by atoms with Gasteiger partial charge < -0.3 is 14.3 Å². The Balaban J connectivity index is 2.22. The molecule has 2 rings (SSSR count). The Bertz CT molecular complexity index is 614. The van der Waals surface area contributed by atoms with E-state index < -0.39 is 0 Å². The van der Waals surface area contributed by atoms with E-state index in [1.54, 1.807) is 0 Å². The minimum Gasteiger partial charge on any atom is -0.482 e. The first-order valence-electron chi connectivity index (χ1n) is 5.81. The van der Waals surface area contributed by atoms with Crippen molar-refractivity contribution in [3.8, 4) is 5.75 Å². The third-order valence-electron chi connectivity index (χ3n) is 2.66. The van der Waals surface area contributed by atoms with Crippen LogP contribution in [0.5, 0.6) is 5.75 Å². The Hall–Kier alpha value is -2.33. The molecule has 0 bridgehead atoms. The number of hydrogen-bond donors (Lipinski definition) is 1. The second-order valence-electron chi connectivity index (χ2n) is 3.90. The average molecular weight is 258 g/mol. The Kier molecular flexibility index (Phi) is 4.15. The van der Waals surface area contributed by atoms with Gasteiger partial charge in [-0.25, -0.2) is 0 Å². The van der Waals surface area contributed by atoms with Gasteiger partial charge in [0.2, 0.25) is 11.2 Å². The van der Waals surface area contributed by atoms with Crippen molar-refractivity contribution in [1.29, 1.82) is 0 Å². The molecule has 0 amide bonds. The molecule has 1 heterocycles. The molecule has 0 unspecified atom stereocenters. The van der Waals surface area contributed by atoms with Crippen LogP contribution in [0.4, 0.5) is 0 Å². The molecule has 1 aromatic heterocycles. The summed E-state index contributed by atoms with van der Waals surface area (Å²) >= 11 is 0. The molecule has 4 nitrogen and oxygen atoms in total. The highest BCUT2D eigenvalue weighted by atomic mass is 16.5. The van der Waals surface area contributed by atoms with Crippen LogP contribution in [0.2, 0.25) is 0 Å². The summed E-state index contributed by atoms with van der Waals surface area (Å²) in [6.07, 6.45) is 2.57. The van der Waals surface area contributed by atoms with Crippen molar-refractivity contribution in [2.45, 2.75) is 13.2 Å². The van der Waals surface area contributed by atoms with E-state index in [0.717, 1.165) is 5.56 Å². The number of ether oxygens (including phenoxy) is 1. The largest absolute Gasteiger partial charge is 0.482 e. The molecule has 0 aliphatic heterocycles. The molecule has 0 atom stereocenters. The molecule has 2 aromatic rings. The number of benzene rings is 1. The normalized spacial score (nSPS) is 10.2. The highest BCUT2D eigenvalue weighted by Gasteiger charge is 2.11. The summed E-state index contributed by atoms with van der Waals surface area (Å²) in [6.45, 7) is 3.46. The molecule has 4 heteroatoms. The third-order valence-corrected chi connectivity index (χ3v) is 2.66. The SMILES string of the molecule is C=Cc1c(CO)occ(OCc2ccccc2)c1=O. The van der Waals surface area contributed by atoms with Crippen molar-refractivity contribution in [3.05, 3.63) is 70.3 Å². The van der Waals surface area contributed by atoms with Crippen LogP contribution in [-0.4, -0.2) is 5.11 Å². The Morgan fingerprint density at radius 3 is 2.68 bits per heavy atom. The lowest BCUT2D eigenvalue weighted by Crippen LogP contribution is -2.12. The van der Waals surface area contributed by atoms with Crippen molar-refractivity contribution in [2.75, 3.05) is 0 Å². The predicted octanol–water partition coefficient (Wildman–Crippen LogP) is 2.35. The summed E-state index contributed by atoms with van der Waals surface area (Å²) in [5.41, 5.74) is 0.850. The molecule has 0 saturated heterocycles. The lowest BCUT2D eigenvalue weighted by atomic mass is 10.2. The number of rotatable bonds is 5. The van der Waals surface area contributed by atoms with Crippen molar-refractivity contribution in [3.63, 3.8) is 0 Å². The molecule has 0 radical (unpaired) electrons. The maximum Gasteiger partial charge on any atom is 0.234 e. The molecular formula is C15H14O4. The summed E-state index contributed by atoms with van der Waals surface area (Å²) in [6, 6.07) is 9.50. The van der Waals surface area contributed by atoms with Gasteiger partial charge in [-0.2, -0.15) is 0 Å². The van der Waals surface area contributed by atoms with Crippen LogP contribution >= 0.6 is 0 Å². The molecule has 0 aliphatic carbocycles. The molecule has 19 heavy (non-hydrogen) atoms. The minimum absolute atomic E-state index is 0.107. The maximum atomic E-state index is 12.0. The summed E-state index contributed by atoms with van der Waals surface area (Å²) in [4.78, 5) is 12.0. The van der Waals surface area contributed by atoms with E-state index in [1.165, 1.54) is 12.3 Å². The van der Waals surface area contributed by atoms with Gasteiger partial charge in [-0.05, 0) is 5.56 Å². The predicted molar refractivity (Wildman–Crippen MR) is 71.8 cm³/mol. The van der Waals surface area contributed by atoms with Gasteiger partial charge in [0.25, 0.3) is 0 Å². The quantitative estimate of drug-likeness (QED) is 0.894. The first kappa shape index (κ1) is 13.1. The molecular weight excluding hydrogens is 244 g/mol. The fourth-order valence-electron chi connectivity index (χ4n) is 1.66. The van der Waals surface area contributed by atoms with E-state index in [9.17, 15) is 4.79 Å². The molecule has 98 valence electrons. The van der Waals surface area contributed by atoms with Crippen molar-refractivity contribution in [2.24, 2.45) is 0 Å². The second kappa shape index (κ2) is 6.02. The summed E-state index contributed by atoms with van der Waals surface area (Å²) < 4.78 is 10.6. The monoisotopic (exact) mass is 258 g/mol. The summed E-state index contributed by atoms with van der Waals surface area (Å²) in [5, 5.41) is 9.05. The maximum absolute atomic E-state index is 12.0. The van der Waals surface area contributed by atoms with Crippen LogP contribution in [0.15, 0.2) is 52.4 Å². The zero-order valence-corrected chi connectivity index (χ0v) is 10.3. The van der Waals surface area contributed by atoms with Crippen molar-refractivity contribution in [1.82, 2.24) is 0 Å². The van der Waals surface area contributed by atoms with Crippen LogP contribution in [0.1, 0.15) is 16.9 Å². The topological polar surface area (TPSA) is 59.7 Å². The first-order valence-corrected chi connectivity index (χ1v) is 5.81. The Labute approximate surface area is 110 Å². The Morgan fingerprint density at radius 1 is 1.32 bits per heavy atom. The van der Waals surface area contributed by atoms with E-state index in [0.29, 0.717) is 0 Å². The van der Waals surface area contributed by atoms with Gasteiger partial charge in [-0.1, -0.05) is 43.0 Å².